The van der Waals surface area contributed by atoms with Crippen molar-refractivity contribution >= 4 is 28.9 Å². The van der Waals surface area contributed by atoms with Crippen LogP contribution in [0.25, 0.3) is 10.9 Å². The summed E-state index contributed by atoms with van der Waals surface area (Å²) in [4.78, 5) is 44.4. The van der Waals surface area contributed by atoms with Gasteiger partial charge < -0.3 is 25.0 Å². The molecular formula is C31H41N3O5. The van der Waals surface area contributed by atoms with E-state index in [1.165, 1.54) is 4.90 Å². The lowest BCUT2D eigenvalue weighted by Gasteiger charge is -2.40. The molecule has 3 rings (SSSR count). The van der Waals surface area contributed by atoms with Gasteiger partial charge in [-0.15, -0.1) is 0 Å². The molecule has 0 spiro atoms. The predicted octanol–water partition coefficient (Wildman–Crippen LogP) is 5.56. The van der Waals surface area contributed by atoms with Crippen LogP contribution in [0.4, 0.5) is 4.79 Å². The number of para-hydroxylation sites is 1. The van der Waals surface area contributed by atoms with Gasteiger partial charge >= 0.3 is 18.0 Å². The third kappa shape index (κ3) is 7.85. The first-order valence-corrected chi connectivity index (χ1v) is 13.4. The molecule has 0 saturated heterocycles. The zero-order valence-electron chi connectivity index (χ0n) is 23.8. The third-order valence-corrected chi connectivity index (χ3v) is 6.69. The van der Waals surface area contributed by atoms with E-state index >= 15 is 0 Å². The number of aliphatic carboxylic acids is 1. The molecule has 3 aromatic rings. The summed E-state index contributed by atoms with van der Waals surface area (Å²) in [6, 6.07) is 16.6. The fraction of sp³-hybridized carbons (Fsp3) is 0.452. The summed E-state index contributed by atoms with van der Waals surface area (Å²) in [6.45, 7) is 10.4. The Morgan fingerprint density at radius 2 is 1.64 bits per heavy atom. The molecule has 2 aromatic carbocycles. The molecule has 2 atom stereocenters. The first-order chi connectivity index (χ1) is 18.3. The number of hydrogen-bond donors (Lipinski definition) is 3. The van der Waals surface area contributed by atoms with Crippen LogP contribution in [-0.4, -0.2) is 56.7 Å². The number of carbonyl (C=O) groups is 3. The van der Waals surface area contributed by atoms with Crippen LogP contribution in [-0.2, 0) is 27.2 Å². The zero-order valence-corrected chi connectivity index (χ0v) is 23.8. The van der Waals surface area contributed by atoms with Crippen LogP contribution < -0.4 is 5.32 Å². The number of urea groups is 1. The molecule has 0 aliphatic rings. The molecule has 1 unspecified atom stereocenters. The maximum absolute atomic E-state index is 13.6. The van der Waals surface area contributed by atoms with Crippen molar-refractivity contribution < 1.29 is 24.2 Å². The van der Waals surface area contributed by atoms with Crippen LogP contribution in [0.2, 0.25) is 0 Å². The monoisotopic (exact) mass is 535 g/mol. The highest BCUT2D eigenvalue weighted by molar-refractivity contribution is 5.89. The zero-order chi connectivity index (χ0) is 28.8. The van der Waals surface area contributed by atoms with E-state index in [0.717, 1.165) is 22.0 Å². The number of fused-ring (bicyclic) bond motifs is 1. The van der Waals surface area contributed by atoms with Crippen molar-refractivity contribution in [1.29, 1.82) is 0 Å². The van der Waals surface area contributed by atoms with Crippen molar-refractivity contribution in [2.24, 2.45) is 5.92 Å². The van der Waals surface area contributed by atoms with Crippen LogP contribution in [0.1, 0.15) is 59.1 Å². The Bertz CT molecular complexity index is 1280. The summed E-state index contributed by atoms with van der Waals surface area (Å²) in [5, 5.41) is 14.3. The standard InChI is InChI=1S/C31H41N3O5/c1-21(2)33-29(38)34(31(6,28(36)37)18-24-19-32-26-15-11-10-14-25(24)26)20-23(27(35)39-30(3,4)5)17-16-22-12-8-7-9-13-22/h7-15,19,21,23,32H,16-18,20H2,1-6H3,(H,33,38)(H,36,37)/t23?,31-/m0/s1. The van der Waals surface area contributed by atoms with Gasteiger partial charge in [-0.1, -0.05) is 48.5 Å². The molecule has 1 aromatic heterocycles. The third-order valence-electron chi connectivity index (χ3n) is 6.69. The van der Waals surface area contributed by atoms with Crippen molar-refractivity contribution in [3.05, 3.63) is 71.9 Å². The summed E-state index contributed by atoms with van der Waals surface area (Å²) in [7, 11) is 0. The van der Waals surface area contributed by atoms with Gasteiger partial charge in [-0.3, -0.25) is 4.79 Å². The Kier molecular flexibility index (Phi) is 9.43. The van der Waals surface area contributed by atoms with Crippen molar-refractivity contribution in [1.82, 2.24) is 15.2 Å². The largest absolute Gasteiger partial charge is 0.479 e. The highest BCUT2D eigenvalue weighted by atomic mass is 16.6. The van der Waals surface area contributed by atoms with Gasteiger partial charge in [-0.25, -0.2) is 9.59 Å². The van der Waals surface area contributed by atoms with Crippen molar-refractivity contribution in [2.45, 2.75) is 78.0 Å². The molecule has 1 heterocycles. The van der Waals surface area contributed by atoms with E-state index in [1.54, 1.807) is 33.9 Å². The molecule has 0 aliphatic carbocycles. The van der Waals surface area contributed by atoms with Gasteiger partial charge in [0.15, 0.2) is 0 Å². The first-order valence-electron chi connectivity index (χ1n) is 13.4. The number of aromatic nitrogens is 1. The number of carbonyl (C=O) groups excluding carboxylic acids is 2. The lowest BCUT2D eigenvalue weighted by molar-refractivity contribution is -0.162. The van der Waals surface area contributed by atoms with Crippen molar-refractivity contribution in [3.8, 4) is 0 Å². The van der Waals surface area contributed by atoms with Gasteiger partial charge in [0, 0.05) is 36.1 Å². The lowest BCUT2D eigenvalue weighted by atomic mass is 9.88. The second kappa shape index (κ2) is 12.4. The molecule has 210 valence electrons. The molecule has 0 fully saturated rings. The summed E-state index contributed by atoms with van der Waals surface area (Å²) in [6.07, 6.45) is 2.81. The minimum absolute atomic E-state index is 0.0532. The summed E-state index contributed by atoms with van der Waals surface area (Å²) >= 11 is 0. The average Bonchev–Trinajstić information content (AvgIpc) is 3.25. The maximum Gasteiger partial charge on any atom is 0.329 e. The van der Waals surface area contributed by atoms with Gasteiger partial charge in [-0.05, 0) is 71.6 Å². The smallest absolute Gasteiger partial charge is 0.329 e. The maximum atomic E-state index is 13.6. The van der Waals surface area contributed by atoms with Crippen LogP contribution >= 0.6 is 0 Å². The van der Waals surface area contributed by atoms with E-state index < -0.39 is 35.0 Å². The van der Waals surface area contributed by atoms with Gasteiger partial charge in [-0.2, -0.15) is 0 Å². The molecule has 3 N–H and O–H groups in total. The molecule has 0 saturated carbocycles. The van der Waals surface area contributed by atoms with Crippen LogP contribution in [0.5, 0.6) is 0 Å². The number of esters is 1. The molecule has 0 radical (unpaired) electrons. The number of aryl methyl sites for hydroxylation is 1. The van der Waals surface area contributed by atoms with Gasteiger partial charge in [0.1, 0.15) is 11.1 Å². The number of ether oxygens (including phenoxy) is 1. The normalized spacial score (nSPS) is 14.0. The number of H-pyrrole nitrogens is 1. The number of hydrogen-bond acceptors (Lipinski definition) is 4. The highest BCUT2D eigenvalue weighted by Gasteiger charge is 2.45. The molecule has 39 heavy (non-hydrogen) atoms. The number of benzene rings is 2. The number of carboxylic acid groups (broad SMARTS) is 1. The van der Waals surface area contributed by atoms with Crippen molar-refractivity contribution in [3.63, 3.8) is 0 Å². The van der Waals surface area contributed by atoms with Gasteiger partial charge in [0.2, 0.25) is 0 Å². The quantitative estimate of drug-likeness (QED) is 0.278. The molecular weight excluding hydrogens is 494 g/mol. The van der Waals surface area contributed by atoms with Gasteiger partial charge in [0.25, 0.3) is 0 Å². The molecule has 8 nitrogen and oxygen atoms in total. The van der Waals surface area contributed by atoms with Crippen LogP contribution in [0.3, 0.4) is 0 Å². The Hall–Kier alpha value is -3.81. The fourth-order valence-corrected chi connectivity index (χ4v) is 4.64. The first kappa shape index (κ1) is 29.7. The number of amides is 2. The van der Waals surface area contributed by atoms with Crippen LogP contribution in [0, 0.1) is 5.92 Å². The van der Waals surface area contributed by atoms with E-state index in [4.69, 9.17) is 4.74 Å². The molecule has 8 heteroatoms. The topological polar surface area (TPSA) is 112 Å². The number of nitrogens with one attached hydrogen (secondary N) is 2. The van der Waals surface area contributed by atoms with Crippen LogP contribution in [0.15, 0.2) is 60.8 Å². The fourth-order valence-electron chi connectivity index (χ4n) is 4.64. The van der Waals surface area contributed by atoms with E-state index in [1.807, 2.05) is 68.4 Å². The van der Waals surface area contributed by atoms with E-state index in [2.05, 4.69) is 10.3 Å². The highest BCUT2D eigenvalue weighted by Crippen LogP contribution is 2.29. The SMILES string of the molecule is CC(C)NC(=O)N(CC(CCc1ccccc1)C(=O)OC(C)(C)C)[C@@](C)(Cc1c[nH]c2ccccc12)C(=O)O. The lowest BCUT2D eigenvalue weighted by Crippen LogP contribution is -2.61. The predicted molar refractivity (Wildman–Crippen MR) is 153 cm³/mol. The second-order valence-corrected chi connectivity index (χ2v) is 11.6. The minimum Gasteiger partial charge on any atom is -0.479 e. The number of nitrogens with zero attached hydrogens (tertiary/aromatic N) is 1. The van der Waals surface area contributed by atoms with E-state index in [0.29, 0.717) is 12.8 Å². The van der Waals surface area contributed by atoms with Gasteiger partial charge in [0.05, 0.1) is 5.92 Å². The molecule has 2 amide bonds. The van der Waals surface area contributed by atoms with E-state index in [-0.39, 0.29) is 19.0 Å². The second-order valence-electron chi connectivity index (χ2n) is 11.6. The average molecular weight is 536 g/mol. The Balaban J connectivity index is 2.00. The van der Waals surface area contributed by atoms with Crippen molar-refractivity contribution in [2.75, 3.05) is 6.54 Å². The Morgan fingerprint density at radius 3 is 2.26 bits per heavy atom. The number of carboxylic acids is 1. The Labute approximate surface area is 230 Å². The number of aromatic amines is 1. The molecule has 0 aliphatic heterocycles. The number of rotatable bonds is 11. The van der Waals surface area contributed by atoms with E-state index in [9.17, 15) is 19.5 Å². The molecule has 0 bridgehead atoms. The minimum atomic E-state index is -1.64. The summed E-state index contributed by atoms with van der Waals surface area (Å²) in [5.74, 6) is -2.35. The summed E-state index contributed by atoms with van der Waals surface area (Å²) < 4.78 is 5.74. The summed E-state index contributed by atoms with van der Waals surface area (Å²) in [5.41, 5.74) is 0.331. The Morgan fingerprint density at radius 1 is 1.00 bits per heavy atom.